The molecule has 0 aliphatic heterocycles. The van der Waals surface area contributed by atoms with Crippen LogP contribution in [0.1, 0.15) is 11.5 Å². The highest BCUT2D eigenvalue weighted by Crippen LogP contribution is 2.34. The van der Waals surface area contributed by atoms with Crippen LogP contribution >= 0.6 is 27.7 Å². The summed E-state index contributed by atoms with van der Waals surface area (Å²) < 4.78 is 6.26. The van der Waals surface area contributed by atoms with Crippen molar-refractivity contribution in [2.45, 2.75) is 17.2 Å². The molecule has 8 nitrogen and oxygen atoms in total. The molecule has 3 heterocycles. The Bertz CT molecular complexity index is 1150. The lowest BCUT2D eigenvalue weighted by molar-refractivity contribution is -0.112. The third kappa shape index (κ3) is 4.97. The van der Waals surface area contributed by atoms with Crippen molar-refractivity contribution in [3.05, 3.63) is 68.5 Å². The second-order valence-electron chi connectivity index (χ2n) is 5.44. The molecule has 0 atom stereocenters. The molecule has 10 heteroatoms. The van der Waals surface area contributed by atoms with Crippen LogP contribution in [0.25, 0.3) is 6.08 Å². The van der Waals surface area contributed by atoms with Gasteiger partial charge in [-0.05, 0) is 52.8 Å². The van der Waals surface area contributed by atoms with Gasteiger partial charge in [0, 0.05) is 24.0 Å². The van der Waals surface area contributed by atoms with E-state index in [1.54, 1.807) is 31.3 Å². The molecule has 0 saturated carbocycles. The lowest BCUT2D eigenvalue weighted by Gasteiger charge is -2.02. The molecule has 2 N–H and O–H groups in total. The van der Waals surface area contributed by atoms with Crippen molar-refractivity contribution in [3.63, 3.8) is 0 Å². The van der Waals surface area contributed by atoms with E-state index in [-0.39, 0.29) is 11.1 Å². The molecular weight excluding hydrogens is 446 g/mol. The topological polar surface area (TPSA) is 125 Å². The number of furan rings is 1. The number of anilines is 1. The summed E-state index contributed by atoms with van der Waals surface area (Å²) >= 11 is 4.47. The summed E-state index contributed by atoms with van der Waals surface area (Å²) in [5, 5.41) is 12.7. The van der Waals surface area contributed by atoms with E-state index in [1.165, 1.54) is 18.3 Å². The van der Waals surface area contributed by atoms with E-state index < -0.39 is 5.91 Å². The summed E-state index contributed by atoms with van der Waals surface area (Å²) in [4.78, 5) is 34.6. The van der Waals surface area contributed by atoms with E-state index in [1.807, 2.05) is 6.07 Å². The van der Waals surface area contributed by atoms with Gasteiger partial charge in [0.15, 0.2) is 10.2 Å². The zero-order valence-electron chi connectivity index (χ0n) is 14.4. The van der Waals surface area contributed by atoms with Gasteiger partial charge in [-0.3, -0.25) is 14.6 Å². The number of halogens is 1. The number of nitrogens with one attached hydrogen (secondary N) is 2. The molecule has 0 unspecified atom stereocenters. The zero-order valence-corrected chi connectivity index (χ0v) is 16.8. The Balaban J connectivity index is 1.81. The van der Waals surface area contributed by atoms with Crippen LogP contribution in [0.15, 0.2) is 66.2 Å². The van der Waals surface area contributed by atoms with E-state index >= 15 is 0 Å². The van der Waals surface area contributed by atoms with Crippen molar-refractivity contribution < 1.29 is 9.21 Å². The zero-order chi connectivity index (χ0) is 20.1. The molecule has 0 saturated heterocycles. The number of rotatable bonds is 5. The summed E-state index contributed by atoms with van der Waals surface area (Å²) in [7, 11) is 0. The van der Waals surface area contributed by atoms with Gasteiger partial charge in [0.05, 0.1) is 16.4 Å². The first-order valence-corrected chi connectivity index (χ1v) is 9.44. The summed E-state index contributed by atoms with van der Waals surface area (Å²) in [5.41, 5.74) is 0.647. The predicted molar refractivity (Wildman–Crippen MR) is 107 cm³/mol. The summed E-state index contributed by atoms with van der Waals surface area (Å²) in [5.74, 6) is -0.288. The molecule has 0 aliphatic carbocycles. The number of aromatic amines is 1. The van der Waals surface area contributed by atoms with E-state index in [4.69, 9.17) is 4.42 Å². The van der Waals surface area contributed by atoms with E-state index in [2.05, 4.69) is 36.2 Å². The molecule has 3 aromatic heterocycles. The number of aromatic nitrogens is 3. The molecule has 0 aromatic carbocycles. The SMILES string of the molecule is Cc1cc(=O)[nH]c(Sc2oc(/C=C(\C#N)C(=O)Nc3cccnc3)cc2Br)n1. The maximum absolute atomic E-state index is 12.3. The Labute approximate surface area is 171 Å². The minimum Gasteiger partial charge on any atom is -0.449 e. The maximum Gasteiger partial charge on any atom is 0.266 e. The van der Waals surface area contributed by atoms with Crippen LogP contribution in [0.4, 0.5) is 5.69 Å². The fourth-order valence-electron chi connectivity index (χ4n) is 2.12. The number of pyridine rings is 1. The smallest absolute Gasteiger partial charge is 0.266 e. The van der Waals surface area contributed by atoms with E-state index in [0.717, 1.165) is 11.8 Å². The van der Waals surface area contributed by atoms with Crippen LogP contribution in [0, 0.1) is 18.3 Å². The monoisotopic (exact) mass is 457 g/mol. The van der Waals surface area contributed by atoms with Crippen molar-refractivity contribution in [1.29, 1.82) is 5.26 Å². The Kier molecular flexibility index (Phi) is 6.08. The number of carbonyl (C=O) groups excluding carboxylic acids is 1. The van der Waals surface area contributed by atoms with Crippen molar-refractivity contribution >= 4 is 45.4 Å². The number of amides is 1. The first-order valence-electron chi connectivity index (χ1n) is 7.83. The van der Waals surface area contributed by atoms with Gasteiger partial charge >= 0.3 is 0 Å². The maximum atomic E-state index is 12.3. The Hall–Kier alpha value is -3.16. The van der Waals surface area contributed by atoms with Crippen molar-refractivity contribution in [2.75, 3.05) is 5.32 Å². The Morgan fingerprint density at radius 2 is 2.29 bits per heavy atom. The fraction of sp³-hybridized carbons (Fsp3) is 0.0556. The molecule has 28 heavy (non-hydrogen) atoms. The number of carbonyl (C=O) groups is 1. The molecule has 0 radical (unpaired) electrons. The third-order valence-corrected chi connectivity index (χ3v) is 5.01. The fourth-order valence-corrected chi connectivity index (χ4v) is 3.48. The van der Waals surface area contributed by atoms with Crippen molar-refractivity contribution in [1.82, 2.24) is 15.0 Å². The van der Waals surface area contributed by atoms with E-state index in [9.17, 15) is 14.9 Å². The molecule has 0 aliphatic rings. The number of nitrogens with zero attached hydrogens (tertiary/aromatic N) is 3. The predicted octanol–water partition coefficient (Wildman–Crippen LogP) is 3.53. The molecule has 0 spiro atoms. The van der Waals surface area contributed by atoms with Gasteiger partial charge in [0.2, 0.25) is 0 Å². The summed E-state index contributed by atoms with van der Waals surface area (Å²) in [6, 6.07) is 8.18. The summed E-state index contributed by atoms with van der Waals surface area (Å²) in [6.45, 7) is 1.71. The van der Waals surface area contributed by atoms with Gasteiger partial charge in [-0.1, -0.05) is 0 Å². The van der Waals surface area contributed by atoms with Gasteiger partial charge in [0.25, 0.3) is 11.5 Å². The van der Waals surface area contributed by atoms with Crippen LogP contribution in [0.2, 0.25) is 0 Å². The number of aryl methyl sites for hydroxylation is 1. The van der Waals surface area contributed by atoms with Gasteiger partial charge in [-0.25, -0.2) is 4.98 Å². The number of hydrogen-bond donors (Lipinski definition) is 2. The van der Waals surface area contributed by atoms with Gasteiger partial charge < -0.3 is 14.7 Å². The van der Waals surface area contributed by atoms with Crippen molar-refractivity contribution in [2.24, 2.45) is 0 Å². The lowest BCUT2D eigenvalue weighted by Crippen LogP contribution is -2.13. The van der Waals surface area contributed by atoms with Crippen LogP contribution in [0.5, 0.6) is 0 Å². The highest BCUT2D eigenvalue weighted by molar-refractivity contribution is 9.10. The van der Waals surface area contributed by atoms with Gasteiger partial charge in [-0.2, -0.15) is 5.26 Å². The molecule has 140 valence electrons. The molecule has 0 bridgehead atoms. The second-order valence-corrected chi connectivity index (χ2v) is 7.26. The highest BCUT2D eigenvalue weighted by Gasteiger charge is 2.15. The minimum atomic E-state index is -0.582. The average Bonchev–Trinajstić information content (AvgIpc) is 2.98. The van der Waals surface area contributed by atoms with Crippen LogP contribution in [0.3, 0.4) is 0 Å². The molecule has 3 rings (SSSR count). The Morgan fingerprint density at radius 1 is 1.46 bits per heavy atom. The largest absolute Gasteiger partial charge is 0.449 e. The molecular formula is C18H12BrN5O3S. The van der Waals surface area contributed by atoms with Crippen molar-refractivity contribution in [3.8, 4) is 6.07 Å². The average molecular weight is 458 g/mol. The lowest BCUT2D eigenvalue weighted by atomic mass is 10.2. The first-order chi connectivity index (χ1) is 13.4. The van der Waals surface area contributed by atoms with Crippen LogP contribution in [-0.2, 0) is 4.79 Å². The normalized spacial score (nSPS) is 11.1. The second kappa shape index (κ2) is 8.69. The van der Waals surface area contributed by atoms with Crippen LogP contribution < -0.4 is 10.9 Å². The van der Waals surface area contributed by atoms with Crippen LogP contribution in [-0.4, -0.2) is 20.9 Å². The first kappa shape index (κ1) is 19.6. The summed E-state index contributed by atoms with van der Waals surface area (Å²) in [6.07, 6.45) is 4.38. The number of H-pyrrole nitrogens is 1. The quantitative estimate of drug-likeness (QED) is 0.341. The Morgan fingerprint density at radius 3 is 2.96 bits per heavy atom. The number of nitriles is 1. The van der Waals surface area contributed by atoms with E-state index in [0.29, 0.717) is 31.9 Å². The minimum absolute atomic E-state index is 0.135. The molecule has 1 amide bonds. The number of hydrogen-bond acceptors (Lipinski definition) is 7. The van der Waals surface area contributed by atoms with Gasteiger partial charge in [0.1, 0.15) is 17.4 Å². The molecule has 3 aromatic rings. The molecule has 0 fully saturated rings. The third-order valence-electron chi connectivity index (χ3n) is 3.28. The highest BCUT2D eigenvalue weighted by atomic mass is 79.9. The standard InChI is InChI=1S/C18H12BrN5O3S/c1-10-5-15(25)24-18(22-10)28-17-14(19)7-13(27-17)6-11(8-20)16(26)23-12-3-2-4-21-9-12/h2-7,9H,1H3,(H,23,26)(H,22,24,25)/b11-6+. The van der Waals surface area contributed by atoms with Gasteiger partial charge in [-0.15, -0.1) is 0 Å².